The van der Waals surface area contributed by atoms with Gasteiger partial charge in [0.1, 0.15) is 11.5 Å². The summed E-state index contributed by atoms with van der Waals surface area (Å²) in [6, 6.07) is 7.70. The highest BCUT2D eigenvalue weighted by Gasteiger charge is 2.34. The van der Waals surface area contributed by atoms with Gasteiger partial charge in [0, 0.05) is 35.7 Å². The minimum atomic E-state index is -0.328. The van der Waals surface area contributed by atoms with E-state index in [0.717, 1.165) is 47.6 Å². The van der Waals surface area contributed by atoms with Crippen molar-refractivity contribution in [1.29, 1.82) is 0 Å². The minimum absolute atomic E-state index is 0.293. The Morgan fingerprint density at radius 1 is 0.846 bits per heavy atom. The van der Waals surface area contributed by atoms with E-state index in [1.807, 2.05) is 24.3 Å². The molecule has 4 nitrogen and oxygen atoms in total. The van der Waals surface area contributed by atoms with Crippen molar-refractivity contribution >= 4 is 22.7 Å². The van der Waals surface area contributed by atoms with E-state index in [1.165, 1.54) is 13.8 Å². The topological polar surface area (TPSA) is 52.6 Å². The SMILES string of the molecule is CCC1CCC(CC)c2c1c(OC(C)=O)c1ccccc1c2OC(C)=O. The van der Waals surface area contributed by atoms with E-state index in [1.54, 1.807) is 0 Å². The summed E-state index contributed by atoms with van der Waals surface area (Å²) in [7, 11) is 0. The number of ether oxygens (including phenoxy) is 2. The van der Waals surface area contributed by atoms with Crippen LogP contribution in [0, 0.1) is 0 Å². The second-order valence-corrected chi connectivity index (χ2v) is 7.01. The fraction of sp³-hybridized carbons (Fsp3) is 0.455. The molecule has 1 aliphatic rings. The number of hydrogen-bond acceptors (Lipinski definition) is 4. The van der Waals surface area contributed by atoms with Gasteiger partial charge in [-0.2, -0.15) is 0 Å². The first-order chi connectivity index (χ1) is 12.5. The van der Waals surface area contributed by atoms with Crippen LogP contribution in [0.3, 0.4) is 0 Å². The van der Waals surface area contributed by atoms with Gasteiger partial charge in [-0.15, -0.1) is 0 Å². The van der Waals surface area contributed by atoms with Crippen LogP contribution < -0.4 is 9.47 Å². The zero-order valence-corrected chi connectivity index (χ0v) is 15.9. The molecule has 3 rings (SSSR count). The molecule has 2 aromatic carbocycles. The molecule has 0 aromatic heterocycles. The van der Waals surface area contributed by atoms with Gasteiger partial charge < -0.3 is 9.47 Å². The first-order valence-corrected chi connectivity index (χ1v) is 9.43. The first-order valence-electron chi connectivity index (χ1n) is 9.43. The standard InChI is InChI=1S/C22H26O4/c1-5-15-11-12-16(6-2)20-19(15)21(25-13(3)23)17-9-7-8-10-18(17)22(20)26-14(4)24/h7-10,15-16H,5-6,11-12H2,1-4H3. The summed E-state index contributed by atoms with van der Waals surface area (Å²) in [6.07, 6.45) is 4.01. The predicted octanol–water partition coefficient (Wildman–Crippen LogP) is 5.47. The summed E-state index contributed by atoms with van der Waals surface area (Å²) in [5, 5.41) is 1.65. The Morgan fingerprint density at radius 2 is 1.23 bits per heavy atom. The monoisotopic (exact) mass is 354 g/mol. The lowest BCUT2D eigenvalue weighted by Crippen LogP contribution is -2.19. The summed E-state index contributed by atoms with van der Waals surface area (Å²) in [6.45, 7) is 7.17. The molecule has 2 atom stereocenters. The number of benzene rings is 2. The van der Waals surface area contributed by atoms with Crippen molar-refractivity contribution in [2.24, 2.45) is 0 Å². The number of fused-ring (bicyclic) bond motifs is 2. The van der Waals surface area contributed by atoms with Gasteiger partial charge in [-0.25, -0.2) is 0 Å². The lowest BCUT2D eigenvalue weighted by Gasteiger charge is -2.34. The smallest absolute Gasteiger partial charge is 0.308 e. The molecule has 2 aromatic rings. The second-order valence-electron chi connectivity index (χ2n) is 7.01. The Hall–Kier alpha value is -2.36. The quantitative estimate of drug-likeness (QED) is 0.539. The molecule has 0 aliphatic heterocycles. The van der Waals surface area contributed by atoms with Gasteiger partial charge >= 0.3 is 11.9 Å². The van der Waals surface area contributed by atoms with E-state index in [2.05, 4.69) is 13.8 Å². The van der Waals surface area contributed by atoms with Gasteiger partial charge in [0.25, 0.3) is 0 Å². The highest BCUT2D eigenvalue weighted by Crippen LogP contribution is 2.53. The Kier molecular flexibility index (Phi) is 5.30. The minimum Gasteiger partial charge on any atom is -0.426 e. The molecule has 26 heavy (non-hydrogen) atoms. The summed E-state index contributed by atoms with van der Waals surface area (Å²) in [4.78, 5) is 23.7. The maximum Gasteiger partial charge on any atom is 0.308 e. The third-order valence-corrected chi connectivity index (χ3v) is 5.35. The molecule has 0 heterocycles. The molecule has 4 heteroatoms. The van der Waals surface area contributed by atoms with Crippen LogP contribution in [-0.4, -0.2) is 11.9 Å². The number of rotatable bonds is 4. The van der Waals surface area contributed by atoms with E-state index < -0.39 is 0 Å². The molecule has 0 fully saturated rings. The van der Waals surface area contributed by atoms with E-state index in [0.29, 0.717) is 23.3 Å². The van der Waals surface area contributed by atoms with Crippen molar-refractivity contribution < 1.29 is 19.1 Å². The highest BCUT2D eigenvalue weighted by atomic mass is 16.5. The highest BCUT2D eigenvalue weighted by molar-refractivity contribution is 5.99. The van der Waals surface area contributed by atoms with Crippen molar-refractivity contribution in [1.82, 2.24) is 0 Å². The number of esters is 2. The van der Waals surface area contributed by atoms with Crippen molar-refractivity contribution in [3.8, 4) is 11.5 Å². The van der Waals surface area contributed by atoms with Gasteiger partial charge in [0.05, 0.1) is 0 Å². The van der Waals surface area contributed by atoms with E-state index in [4.69, 9.17) is 9.47 Å². The Labute approximate surface area is 154 Å². The molecule has 0 radical (unpaired) electrons. The molecule has 0 saturated heterocycles. The van der Waals surface area contributed by atoms with Crippen LogP contribution in [0.25, 0.3) is 10.8 Å². The fourth-order valence-corrected chi connectivity index (χ4v) is 4.24. The molecule has 2 unspecified atom stereocenters. The fourth-order valence-electron chi connectivity index (χ4n) is 4.24. The number of carbonyl (C=O) groups excluding carboxylic acids is 2. The summed E-state index contributed by atoms with van der Waals surface area (Å²) < 4.78 is 11.5. The average Bonchev–Trinajstić information content (AvgIpc) is 2.62. The summed E-state index contributed by atoms with van der Waals surface area (Å²) >= 11 is 0. The second kappa shape index (κ2) is 7.48. The third kappa shape index (κ3) is 3.20. The van der Waals surface area contributed by atoms with Gasteiger partial charge in [-0.1, -0.05) is 38.1 Å². The van der Waals surface area contributed by atoms with Gasteiger partial charge in [0.2, 0.25) is 0 Å². The Balaban J connectivity index is 2.44. The molecule has 0 saturated carbocycles. The molecule has 0 spiro atoms. The molecular formula is C22H26O4. The molecule has 0 bridgehead atoms. The van der Waals surface area contributed by atoms with E-state index in [9.17, 15) is 9.59 Å². The number of hydrogen-bond donors (Lipinski definition) is 0. The van der Waals surface area contributed by atoms with Crippen LogP contribution in [0.5, 0.6) is 11.5 Å². The third-order valence-electron chi connectivity index (χ3n) is 5.35. The van der Waals surface area contributed by atoms with Gasteiger partial charge in [-0.05, 0) is 37.5 Å². The van der Waals surface area contributed by atoms with Crippen LogP contribution >= 0.6 is 0 Å². The van der Waals surface area contributed by atoms with Crippen molar-refractivity contribution in [3.05, 3.63) is 35.4 Å². The van der Waals surface area contributed by atoms with Crippen LogP contribution in [0.4, 0.5) is 0 Å². The van der Waals surface area contributed by atoms with Crippen LogP contribution in [0.1, 0.15) is 76.3 Å². The van der Waals surface area contributed by atoms with Crippen molar-refractivity contribution in [3.63, 3.8) is 0 Å². The number of carbonyl (C=O) groups is 2. The van der Waals surface area contributed by atoms with Crippen LogP contribution in [0.15, 0.2) is 24.3 Å². The lowest BCUT2D eigenvalue weighted by molar-refractivity contribution is -0.133. The normalized spacial score (nSPS) is 19.1. The largest absolute Gasteiger partial charge is 0.426 e. The van der Waals surface area contributed by atoms with Crippen molar-refractivity contribution in [2.45, 2.75) is 65.2 Å². The summed E-state index contributed by atoms with van der Waals surface area (Å²) in [5.74, 6) is 1.22. The lowest BCUT2D eigenvalue weighted by atomic mass is 9.72. The van der Waals surface area contributed by atoms with Crippen molar-refractivity contribution in [2.75, 3.05) is 0 Å². The Morgan fingerprint density at radius 3 is 1.54 bits per heavy atom. The van der Waals surface area contributed by atoms with E-state index in [-0.39, 0.29) is 11.9 Å². The van der Waals surface area contributed by atoms with Gasteiger partial charge in [-0.3, -0.25) is 9.59 Å². The van der Waals surface area contributed by atoms with Gasteiger partial charge in [0.15, 0.2) is 0 Å². The molecular weight excluding hydrogens is 328 g/mol. The Bertz CT molecular complexity index is 782. The maximum absolute atomic E-state index is 11.8. The predicted molar refractivity (Wildman–Crippen MR) is 102 cm³/mol. The average molecular weight is 354 g/mol. The maximum atomic E-state index is 11.8. The molecule has 138 valence electrons. The molecule has 1 aliphatic carbocycles. The molecule has 0 amide bonds. The first kappa shape index (κ1) is 18.4. The molecule has 0 N–H and O–H groups in total. The van der Waals surface area contributed by atoms with Crippen LogP contribution in [-0.2, 0) is 9.59 Å². The summed E-state index contributed by atoms with van der Waals surface area (Å²) in [5.41, 5.74) is 2.10. The zero-order chi connectivity index (χ0) is 18.8. The zero-order valence-electron chi connectivity index (χ0n) is 15.9. The van der Waals surface area contributed by atoms with Crippen LogP contribution in [0.2, 0.25) is 0 Å². The van der Waals surface area contributed by atoms with E-state index >= 15 is 0 Å².